The molecule has 30 heavy (non-hydrogen) atoms. The van der Waals surface area contributed by atoms with Crippen LogP contribution in [0.4, 0.5) is 0 Å². The van der Waals surface area contributed by atoms with E-state index in [4.69, 9.17) is 0 Å². The van der Waals surface area contributed by atoms with Crippen molar-refractivity contribution in [1.82, 2.24) is 19.9 Å². The third kappa shape index (κ3) is 5.10. The first-order valence-electron chi connectivity index (χ1n) is 10.1. The Hall–Kier alpha value is -2.20. The molecule has 1 saturated heterocycles. The molecule has 9 heteroatoms. The number of nitrogens with one attached hydrogen (secondary N) is 3. The predicted octanol–water partition coefficient (Wildman–Crippen LogP) is 2.33. The van der Waals surface area contributed by atoms with Crippen LogP contribution in [-0.4, -0.2) is 56.4 Å². The highest BCUT2D eigenvalue weighted by atomic mass is 32.2. The quantitative estimate of drug-likeness (QED) is 0.495. The number of thiophene rings is 1. The van der Waals surface area contributed by atoms with Gasteiger partial charge in [-0.3, -0.25) is 9.69 Å². The SMILES string of the molecule is O=C(CN1CCC(NS(=O)(=O)c2cccs2)CC1)NCCc1c[nH]c2ccccc12. The molecule has 3 aromatic rings. The van der Waals surface area contributed by atoms with E-state index in [1.54, 1.807) is 17.5 Å². The highest BCUT2D eigenvalue weighted by Crippen LogP contribution is 2.19. The number of aromatic amines is 1. The molecule has 0 saturated carbocycles. The van der Waals surface area contributed by atoms with Crippen LogP contribution < -0.4 is 10.0 Å². The summed E-state index contributed by atoms with van der Waals surface area (Å²) in [5.74, 6) is 0.00691. The first kappa shape index (κ1) is 21.0. The third-order valence-corrected chi connectivity index (χ3v) is 8.35. The lowest BCUT2D eigenvalue weighted by atomic mass is 10.1. The average Bonchev–Trinajstić information content (AvgIpc) is 3.40. The molecule has 0 atom stereocenters. The Bertz CT molecular complexity index is 1080. The van der Waals surface area contributed by atoms with Gasteiger partial charge in [0.1, 0.15) is 4.21 Å². The standard InChI is InChI=1S/C21H26N4O3S2/c26-20(22-10-7-16-14-23-19-5-2-1-4-18(16)19)15-25-11-8-17(9-12-25)24-30(27,28)21-6-3-13-29-21/h1-6,13-14,17,23-24H,7-12,15H2,(H,22,26). The Labute approximate surface area is 180 Å². The fourth-order valence-electron chi connectivity index (χ4n) is 3.84. The molecule has 0 radical (unpaired) electrons. The number of likely N-dealkylation sites (tertiary alicyclic amines) is 1. The van der Waals surface area contributed by atoms with E-state index >= 15 is 0 Å². The van der Waals surface area contributed by atoms with Crippen molar-refractivity contribution in [3.05, 3.63) is 53.5 Å². The van der Waals surface area contributed by atoms with Crippen LogP contribution in [0.25, 0.3) is 10.9 Å². The molecule has 3 heterocycles. The molecule has 0 aliphatic carbocycles. The van der Waals surface area contributed by atoms with E-state index in [9.17, 15) is 13.2 Å². The summed E-state index contributed by atoms with van der Waals surface area (Å²) in [5.41, 5.74) is 2.31. The smallest absolute Gasteiger partial charge is 0.250 e. The summed E-state index contributed by atoms with van der Waals surface area (Å²) in [6.07, 6.45) is 4.18. The normalized spacial score (nSPS) is 16.1. The molecule has 1 amide bonds. The highest BCUT2D eigenvalue weighted by molar-refractivity contribution is 7.91. The number of fused-ring (bicyclic) bond motifs is 1. The molecule has 2 aromatic heterocycles. The minimum absolute atomic E-state index is 0.00691. The van der Waals surface area contributed by atoms with Gasteiger partial charge in [-0.1, -0.05) is 24.3 Å². The Morgan fingerprint density at radius 1 is 1.17 bits per heavy atom. The average molecular weight is 447 g/mol. The fraction of sp³-hybridized carbons (Fsp3) is 0.381. The summed E-state index contributed by atoms with van der Waals surface area (Å²) in [4.78, 5) is 17.6. The summed E-state index contributed by atoms with van der Waals surface area (Å²) in [6.45, 7) is 2.34. The molecule has 1 aliphatic heterocycles. The number of carbonyl (C=O) groups is 1. The van der Waals surface area contributed by atoms with E-state index in [1.165, 1.54) is 22.3 Å². The maximum Gasteiger partial charge on any atom is 0.250 e. The van der Waals surface area contributed by atoms with E-state index in [0.29, 0.717) is 43.2 Å². The number of carbonyl (C=O) groups excluding carboxylic acids is 1. The highest BCUT2D eigenvalue weighted by Gasteiger charge is 2.25. The maximum absolute atomic E-state index is 12.3. The number of H-pyrrole nitrogens is 1. The van der Waals surface area contributed by atoms with Crippen molar-refractivity contribution in [2.24, 2.45) is 0 Å². The number of piperidine rings is 1. The number of benzene rings is 1. The van der Waals surface area contributed by atoms with Gasteiger partial charge in [0, 0.05) is 42.8 Å². The van der Waals surface area contributed by atoms with Gasteiger partial charge in [0.2, 0.25) is 15.9 Å². The van der Waals surface area contributed by atoms with E-state index in [1.807, 2.05) is 24.4 Å². The summed E-state index contributed by atoms with van der Waals surface area (Å²) < 4.78 is 27.8. The van der Waals surface area contributed by atoms with Crippen molar-refractivity contribution in [2.75, 3.05) is 26.2 Å². The van der Waals surface area contributed by atoms with Crippen molar-refractivity contribution in [3.63, 3.8) is 0 Å². The molecule has 1 aromatic carbocycles. The van der Waals surface area contributed by atoms with Gasteiger partial charge in [0.05, 0.1) is 6.54 Å². The first-order valence-corrected chi connectivity index (χ1v) is 12.5. The lowest BCUT2D eigenvalue weighted by molar-refractivity contribution is -0.122. The van der Waals surface area contributed by atoms with Gasteiger partial charge in [-0.2, -0.15) is 0 Å². The van der Waals surface area contributed by atoms with Crippen molar-refractivity contribution >= 4 is 38.2 Å². The van der Waals surface area contributed by atoms with Crippen molar-refractivity contribution in [2.45, 2.75) is 29.5 Å². The molecule has 0 unspecified atom stereocenters. The van der Waals surface area contributed by atoms with Crippen LogP contribution >= 0.6 is 11.3 Å². The van der Waals surface area contributed by atoms with E-state index in [2.05, 4.69) is 26.0 Å². The topological polar surface area (TPSA) is 94.3 Å². The maximum atomic E-state index is 12.3. The number of hydrogen-bond acceptors (Lipinski definition) is 5. The number of rotatable bonds is 8. The van der Waals surface area contributed by atoms with Crippen LogP contribution in [0.3, 0.4) is 0 Å². The van der Waals surface area contributed by atoms with Crippen molar-refractivity contribution < 1.29 is 13.2 Å². The van der Waals surface area contributed by atoms with Crippen LogP contribution in [0.15, 0.2) is 52.2 Å². The largest absolute Gasteiger partial charge is 0.361 e. The first-order chi connectivity index (χ1) is 14.5. The minimum atomic E-state index is -3.44. The van der Waals surface area contributed by atoms with Gasteiger partial charge in [-0.05, 0) is 42.3 Å². The van der Waals surface area contributed by atoms with Gasteiger partial charge < -0.3 is 10.3 Å². The second-order valence-corrected chi connectivity index (χ2v) is 10.5. The van der Waals surface area contributed by atoms with Crippen molar-refractivity contribution in [3.8, 4) is 0 Å². The summed E-state index contributed by atoms with van der Waals surface area (Å²) in [6, 6.07) is 11.4. The number of amides is 1. The lowest BCUT2D eigenvalue weighted by Crippen LogP contribution is -2.47. The van der Waals surface area contributed by atoms with Gasteiger partial charge in [-0.25, -0.2) is 13.1 Å². The molecular formula is C21H26N4O3S2. The Morgan fingerprint density at radius 2 is 1.97 bits per heavy atom. The van der Waals surface area contributed by atoms with E-state index < -0.39 is 10.0 Å². The Kier molecular flexibility index (Phi) is 6.52. The molecular weight excluding hydrogens is 420 g/mol. The summed E-state index contributed by atoms with van der Waals surface area (Å²) >= 11 is 1.22. The third-order valence-electron chi connectivity index (χ3n) is 5.43. The molecule has 3 N–H and O–H groups in total. The van der Waals surface area contributed by atoms with Crippen molar-refractivity contribution in [1.29, 1.82) is 0 Å². The van der Waals surface area contributed by atoms with Crippen LogP contribution in [-0.2, 0) is 21.2 Å². The second kappa shape index (κ2) is 9.30. The summed E-state index contributed by atoms with van der Waals surface area (Å²) in [7, 11) is -3.44. The van der Waals surface area contributed by atoms with E-state index in [-0.39, 0.29) is 11.9 Å². The zero-order chi connectivity index (χ0) is 21.0. The van der Waals surface area contributed by atoms with Gasteiger partial charge in [0.15, 0.2) is 0 Å². The number of aromatic nitrogens is 1. The van der Waals surface area contributed by atoms with Crippen LogP contribution in [0.5, 0.6) is 0 Å². The number of sulfonamides is 1. The molecule has 1 aliphatic rings. The zero-order valence-corrected chi connectivity index (χ0v) is 18.3. The Balaban J connectivity index is 1.18. The lowest BCUT2D eigenvalue weighted by Gasteiger charge is -2.31. The molecule has 7 nitrogen and oxygen atoms in total. The van der Waals surface area contributed by atoms with Gasteiger partial charge >= 0.3 is 0 Å². The van der Waals surface area contributed by atoms with Crippen LogP contribution in [0.2, 0.25) is 0 Å². The minimum Gasteiger partial charge on any atom is -0.361 e. The van der Waals surface area contributed by atoms with Crippen LogP contribution in [0.1, 0.15) is 18.4 Å². The number of hydrogen-bond donors (Lipinski definition) is 3. The fourth-order valence-corrected chi connectivity index (χ4v) is 6.15. The Morgan fingerprint density at radius 3 is 2.73 bits per heavy atom. The number of para-hydroxylation sites is 1. The number of nitrogens with zero attached hydrogens (tertiary/aromatic N) is 1. The molecule has 0 bridgehead atoms. The molecule has 0 spiro atoms. The zero-order valence-electron chi connectivity index (χ0n) is 16.6. The second-order valence-electron chi connectivity index (χ2n) is 7.56. The monoisotopic (exact) mass is 446 g/mol. The van der Waals surface area contributed by atoms with E-state index in [0.717, 1.165) is 11.9 Å². The van der Waals surface area contributed by atoms with Gasteiger partial charge in [0.25, 0.3) is 0 Å². The van der Waals surface area contributed by atoms with Crippen LogP contribution in [0, 0.1) is 0 Å². The molecule has 4 rings (SSSR count). The van der Waals surface area contributed by atoms with Gasteiger partial charge in [-0.15, -0.1) is 11.3 Å². The predicted molar refractivity (Wildman–Crippen MR) is 119 cm³/mol. The summed E-state index contributed by atoms with van der Waals surface area (Å²) in [5, 5.41) is 5.95. The molecule has 160 valence electrons. The molecule has 1 fully saturated rings.